The second-order valence-corrected chi connectivity index (χ2v) is 4.83. The molecule has 0 aliphatic rings. The van der Waals surface area contributed by atoms with Gasteiger partial charge in [0.25, 0.3) is 0 Å². The Morgan fingerprint density at radius 1 is 1.35 bits per heavy atom. The molecular weight excluding hydrogens is 236 g/mol. The van der Waals surface area contributed by atoms with Gasteiger partial charge >= 0.3 is 0 Å². The molecule has 0 unspecified atom stereocenters. The third-order valence-corrected chi connectivity index (χ3v) is 3.46. The molecule has 90 valence electrons. The molecule has 0 saturated heterocycles. The summed E-state index contributed by atoms with van der Waals surface area (Å²) in [6.45, 7) is 3.60. The largest absolute Gasteiger partial charge is 0.387 e. The van der Waals surface area contributed by atoms with Gasteiger partial charge in [0.2, 0.25) is 0 Å². The van der Waals surface area contributed by atoms with Gasteiger partial charge < -0.3 is 9.67 Å². The standard InChI is InChI=1S/C11H14N4OS/c1-7(16)10-5-4-9(6-12-10)17-11-14-13-8(2)15(11)3/h4-7,16H,1-3H3/t7-/m1/s1. The zero-order chi connectivity index (χ0) is 12.4. The van der Waals surface area contributed by atoms with Crippen LogP contribution in [0.2, 0.25) is 0 Å². The summed E-state index contributed by atoms with van der Waals surface area (Å²) in [7, 11) is 1.93. The van der Waals surface area contributed by atoms with E-state index >= 15 is 0 Å². The number of aliphatic hydroxyl groups excluding tert-OH is 1. The first-order valence-electron chi connectivity index (χ1n) is 5.26. The van der Waals surface area contributed by atoms with Gasteiger partial charge in [-0.3, -0.25) is 4.98 Å². The Kier molecular flexibility index (Phi) is 3.44. The summed E-state index contributed by atoms with van der Waals surface area (Å²) in [6, 6.07) is 3.74. The van der Waals surface area contributed by atoms with Gasteiger partial charge in [-0.25, -0.2) is 0 Å². The van der Waals surface area contributed by atoms with Gasteiger partial charge in [0.15, 0.2) is 5.16 Å². The number of aromatic nitrogens is 4. The van der Waals surface area contributed by atoms with E-state index in [1.165, 1.54) is 11.8 Å². The molecule has 0 saturated carbocycles. The first-order chi connectivity index (χ1) is 8.08. The quantitative estimate of drug-likeness (QED) is 0.898. The van der Waals surface area contributed by atoms with Crippen molar-refractivity contribution >= 4 is 11.8 Å². The van der Waals surface area contributed by atoms with Crippen molar-refractivity contribution < 1.29 is 5.11 Å². The van der Waals surface area contributed by atoms with Crippen molar-refractivity contribution in [1.29, 1.82) is 0 Å². The molecule has 2 aromatic heterocycles. The normalized spacial score (nSPS) is 12.7. The van der Waals surface area contributed by atoms with Crippen LogP contribution in [0.1, 0.15) is 24.5 Å². The maximum absolute atomic E-state index is 9.36. The van der Waals surface area contributed by atoms with E-state index in [9.17, 15) is 5.11 Å². The second kappa shape index (κ2) is 4.85. The lowest BCUT2D eigenvalue weighted by Gasteiger charge is -2.04. The lowest BCUT2D eigenvalue weighted by atomic mass is 10.2. The molecule has 17 heavy (non-hydrogen) atoms. The zero-order valence-corrected chi connectivity index (χ0v) is 10.8. The molecule has 0 bridgehead atoms. The highest BCUT2D eigenvalue weighted by Crippen LogP contribution is 2.25. The average Bonchev–Trinajstić information content (AvgIpc) is 2.62. The van der Waals surface area contributed by atoms with Crippen molar-refractivity contribution in [3.8, 4) is 0 Å². The summed E-state index contributed by atoms with van der Waals surface area (Å²) in [6.07, 6.45) is 1.20. The number of pyridine rings is 1. The van der Waals surface area contributed by atoms with E-state index in [2.05, 4.69) is 15.2 Å². The van der Waals surface area contributed by atoms with Crippen molar-refractivity contribution in [2.45, 2.75) is 30.0 Å². The number of aliphatic hydroxyl groups is 1. The highest BCUT2D eigenvalue weighted by atomic mass is 32.2. The van der Waals surface area contributed by atoms with Crippen LogP contribution in [0, 0.1) is 6.92 Å². The van der Waals surface area contributed by atoms with Crippen LogP contribution < -0.4 is 0 Å². The SMILES string of the molecule is Cc1nnc(Sc2ccc([C@@H](C)O)nc2)n1C. The van der Waals surface area contributed by atoms with Gasteiger partial charge in [-0.1, -0.05) is 0 Å². The van der Waals surface area contributed by atoms with E-state index in [1.54, 1.807) is 13.1 Å². The molecule has 0 spiro atoms. The summed E-state index contributed by atoms with van der Waals surface area (Å²) in [5.41, 5.74) is 0.670. The molecule has 0 amide bonds. The molecule has 0 aliphatic carbocycles. The molecule has 6 heteroatoms. The number of hydrogen-bond donors (Lipinski definition) is 1. The first kappa shape index (κ1) is 12.1. The fourth-order valence-corrected chi connectivity index (χ4v) is 2.08. The molecule has 2 aromatic rings. The average molecular weight is 250 g/mol. The predicted molar refractivity (Wildman–Crippen MR) is 64.7 cm³/mol. The van der Waals surface area contributed by atoms with Crippen LogP contribution in [0.4, 0.5) is 0 Å². The lowest BCUT2D eigenvalue weighted by Crippen LogP contribution is -1.95. The van der Waals surface area contributed by atoms with Crippen LogP contribution in [0.5, 0.6) is 0 Å². The van der Waals surface area contributed by atoms with Gasteiger partial charge in [-0.05, 0) is 37.7 Å². The van der Waals surface area contributed by atoms with Gasteiger partial charge in [0.1, 0.15) is 5.82 Å². The highest BCUT2D eigenvalue weighted by molar-refractivity contribution is 7.99. The Bertz CT molecular complexity index is 507. The van der Waals surface area contributed by atoms with E-state index in [0.29, 0.717) is 5.69 Å². The van der Waals surface area contributed by atoms with Crippen LogP contribution in [-0.4, -0.2) is 24.9 Å². The second-order valence-electron chi connectivity index (χ2n) is 3.79. The van der Waals surface area contributed by atoms with Crippen LogP contribution in [0.15, 0.2) is 28.4 Å². The van der Waals surface area contributed by atoms with Crippen molar-refractivity contribution in [3.05, 3.63) is 29.8 Å². The third-order valence-electron chi connectivity index (χ3n) is 2.45. The molecule has 0 fully saturated rings. The van der Waals surface area contributed by atoms with E-state index in [-0.39, 0.29) is 0 Å². The van der Waals surface area contributed by atoms with Gasteiger partial charge in [0.05, 0.1) is 11.8 Å². The summed E-state index contributed by atoms with van der Waals surface area (Å²) >= 11 is 1.50. The fourth-order valence-electron chi connectivity index (χ4n) is 1.28. The fraction of sp³-hybridized carbons (Fsp3) is 0.364. The first-order valence-corrected chi connectivity index (χ1v) is 6.07. The van der Waals surface area contributed by atoms with Crippen LogP contribution in [0.3, 0.4) is 0 Å². The van der Waals surface area contributed by atoms with Gasteiger partial charge in [0, 0.05) is 18.1 Å². The topological polar surface area (TPSA) is 63.8 Å². The highest BCUT2D eigenvalue weighted by Gasteiger charge is 2.08. The minimum atomic E-state index is -0.536. The smallest absolute Gasteiger partial charge is 0.195 e. The van der Waals surface area contributed by atoms with Gasteiger partial charge in [-0.2, -0.15) is 0 Å². The maximum Gasteiger partial charge on any atom is 0.195 e. The van der Waals surface area contributed by atoms with Crippen LogP contribution in [0.25, 0.3) is 0 Å². The Morgan fingerprint density at radius 3 is 2.59 bits per heavy atom. The molecule has 0 radical (unpaired) electrons. The van der Waals surface area contributed by atoms with E-state index < -0.39 is 6.10 Å². The molecule has 1 atom stereocenters. The summed E-state index contributed by atoms with van der Waals surface area (Å²) in [5, 5.41) is 18.2. The summed E-state index contributed by atoms with van der Waals surface area (Å²) in [5.74, 6) is 0.876. The van der Waals surface area contributed by atoms with Crippen molar-refractivity contribution in [2.75, 3.05) is 0 Å². The van der Waals surface area contributed by atoms with E-state index in [1.807, 2.05) is 30.7 Å². The number of hydrogen-bond acceptors (Lipinski definition) is 5. The Hall–Kier alpha value is -1.40. The molecule has 1 N–H and O–H groups in total. The molecule has 2 heterocycles. The summed E-state index contributed by atoms with van der Waals surface area (Å²) < 4.78 is 1.92. The van der Waals surface area contributed by atoms with Crippen molar-refractivity contribution in [1.82, 2.24) is 19.7 Å². The third kappa shape index (κ3) is 2.65. The zero-order valence-electron chi connectivity index (χ0n) is 9.95. The van der Waals surface area contributed by atoms with Gasteiger partial charge in [-0.15, -0.1) is 10.2 Å². The Labute approximate surface area is 104 Å². The molecule has 0 aliphatic heterocycles. The Morgan fingerprint density at radius 2 is 2.12 bits per heavy atom. The number of nitrogens with zero attached hydrogens (tertiary/aromatic N) is 4. The number of aryl methyl sites for hydroxylation is 1. The van der Waals surface area contributed by atoms with E-state index in [4.69, 9.17) is 0 Å². The van der Waals surface area contributed by atoms with Crippen LogP contribution >= 0.6 is 11.8 Å². The Balaban J connectivity index is 2.17. The van der Waals surface area contributed by atoms with Crippen molar-refractivity contribution in [2.24, 2.45) is 7.05 Å². The molecule has 0 aromatic carbocycles. The monoisotopic (exact) mass is 250 g/mol. The minimum Gasteiger partial charge on any atom is -0.387 e. The number of rotatable bonds is 3. The van der Waals surface area contributed by atoms with Crippen molar-refractivity contribution in [3.63, 3.8) is 0 Å². The molecule has 2 rings (SSSR count). The minimum absolute atomic E-state index is 0.536. The van der Waals surface area contributed by atoms with E-state index in [0.717, 1.165) is 15.9 Å². The summed E-state index contributed by atoms with van der Waals surface area (Å²) in [4.78, 5) is 5.16. The van der Waals surface area contributed by atoms with Crippen LogP contribution in [-0.2, 0) is 7.05 Å². The molecule has 5 nitrogen and oxygen atoms in total. The predicted octanol–water partition coefficient (Wildman–Crippen LogP) is 1.72. The maximum atomic E-state index is 9.36. The molecular formula is C11H14N4OS. The lowest BCUT2D eigenvalue weighted by molar-refractivity contribution is 0.194.